The molecule has 0 spiro atoms. The fraction of sp³-hybridized carbons (Fsp3) is 0.786. The minimum absolute atomic E-state index is 0.473. The Morgan fingerprint density at radius 1 is 1.41 bits per heavy atom. The number of hydrogen-bond donors (Lipinski definition) is 1. The van der Waals surface area contributed by atoms with Crippen LogP contribution in [0.3, 0.4) is 0 Å². The summed E-state index contributed by atoms with van der Waals surface area (Å²) in [5.74, 6) is 0.904. The van der Waals surface area contributed by atoms with Crippen LogP contribution in [0, 0.1) is 5.92 Å². The molecule has 1 saturated carbocycles. The van der Waals surface area contributed by atoms with E-state index in [2.05, 4.69) is 35.1 Å². The maximum atomic E-state index is 4.37. The van der Waals surface area contributed by atoms with Crippen molar-refractivity contribution in [2.75, 3.05) is 7.05 Å². The molecule has 0 aliphatic heterocycles. The van der Waals surface area contributed by atoms with Crippen LogP contribution in [0.2, 0.25) is 0 Å². The number of rotatable bonds is 5. The molecule has 0 aromatic carbocycles. The van der Waals surface area contributed by atoms with Crippen LogP contribution in [0.1, 0.15) is 57.2 Å². The van der Waals surface area contributed by atoms with Gasteiger partial charge in [-0.05, 0) is 32.4 Å². The van der Waals surface area contributed by atoms with E-state index in [9.17, 15) is 0 Å². The van der Waals surface area contributed by atoms with E-state index in [4.69, 9.17) is 0 Å². The van der Waals surface area contributed by atoms with E-state index in [0.29, 0.717) is 6.04 Å². The Morgan fingerprint density at radius 3 is 2.82 bits per heavy atom. The maximum Gasteiger partial charge on any atom is 0.0553 e. The van der Waals surface area contributed by atoms with Crippen LogP contribution >= 0.6 is 0 Å². The highest BCUT2D eigenvalue weighted by Crippen LogP contribution is 2.31. The molecule has 1 aromatic rings. The second-order valence-electron chi connectivity index (χ2n) is 5.15. The molecule has 3 heteroatoms. The molecular weight excluding hydrogens is 210 g/mol. The number of aromatic nitrogens is 2. The van der Waals surface area contributed by atoms with Crippen molar-refractivity contribution in [3.8, 4) is 0 Å². The van der Waals surface area contributed by atoms with Crippen molar-refractivity contribution < 1.29 is 0 Å². The first-order chi connectivity index (χ1) is 8.35. The summed E-state index contributed by atoms with van der Waals surface area (Å²) in [6.45, 7) is 3.12. The second kappa shape index (κ2) is 6.20. The molecule has 1 heterocycles. The largest absolute Gasteiger partial charge is 0.312 e. The van der Waals surface area contributed by atoms with Gasteiger partial charge < -0.3 is 5.32 Å². The Labute approximate surface area is 105 Å². The average Bonchev–Trinajstić information content (AvgIpc) is 2.85. The van der Waals surface area contributed by atoms with Crippen molar-refractivity contribution in [2.24, 2.45) is 5.92 Å². The zero-order chi connectivity index (χ0) is 12.1. The molecular formula is C14H25N3. The van der Waals surface area contributed by atoms with E-state index in [-0.39, 0.29) is 0 Å². The fourth-order valence-corrected chi connectivity index (χ4v) is 3.05. The lowest BCUT2D eigenvalue weighted by Gasteiger charge is -2.26. The summed E-state index contributed by atoms with van der Waals surface area (Å²) in [6.07, 6.45) is 10.3. The van der Waals surface area contributed by atoms with E-state index >= 15 is 0 Å². The van der Waals surface area contributed by atoms with E-state index in [0.717, 1.165) is 12.5 Å². The monoisotopic (exact) mass is 235 g/mol. The maximum absolute atomic E-state index is 4.37. The lowest BCUT2D eigenvalue weighted by molar-refractivity contribution is 0.299. The van der Waals surface area contributed by atoms with E-state index in [1.165, 1.54) is 44.2 Å². The second-order valence-corrected chi connectivity index (χ2v) is 5.15. The number of hydrogen-bond acceptors (Lipinski definition) is 2. The number of nitrogens with zero attached hydrogens (tertiary/aromatic N) is 2. The quantitative estimate of drug-likeness (QED) is 0.849. The predicted octanol–water partition coefficient (Wildman–Crippen LogP) is 3.13. The topological polar surface area (TPSA) is 29.9 Å². The smallest absolute Gasteiger partial charge is 0.0553 e. The Bertz CT molecular complexity index is 326. The van der Waals surface area contributed by atoms with E-state index < -0.39 is 0 Å². The third-order valence-corrected chi connectivity index (χ3v) is 4.05. The summed E-state index contributed by atoms with van der Waals surface area (Å²) in [6, 6.07) is 2.63. The Hall–Kier alpha value is -0.830. The molecule has 1 N–H and O–H groups in total. The molecule has 2 rings (SSSR count). The molecule has 17 heavy (non-hydrogen) atoms. The predicted molar refractivity (Wildman–Crippen MR) is 70.9 cm³/mol. The third kappa shape index (κ3) is 3.09. The fourth-order valence-electron chi connectivity index (χ4n) is 3.05. The van der Waals surface area contributed by atoms with Crippen molar-refractivity contribution in [1.82, 2.24) is 15.1 Å². The summed E-state index contributed by atoms with van der Waals surface area (Å²) in [4.78, 5) is 0. The summed E-state index contributed by atoms with van der Waals surface area (Å²) >= 11 is 0. The van der Waals surface area contributed by atoms with Crippen LogP contribution in [-0.4, -0.2) is 16.8 Å². The van der Waals surface area contributed by atoms with Crippen LogP contribution in [0.25, 0.3) is 0 Å². The zero-order valence-corrected chi connectivity index (χ0v) is 11.2. The highest BCUT2D eigenvalue weighted by atomic mass is 15.3. The minimum Gasteiger partial charge on any atom is -0.312 e. The lowest BCUT2D eigenvalue weighted by Crippen LogP contribution is -2.24. The minimum atomic E-state index is 0.473. The molecule has 0 saturated heterocycles. The average molecular weight is 235 g/mol. The van der Waals surface area contributed by atoms with Gasteiger partial charge in [-0.1, -0.05) is 32.1 Å². The van der Waals surface area contributed by atoms with Crippen LogP contribution in [0.5, 0.6) is 0 Å². The molecule has 1 atom stereocenters. The van der Waals surface area contributed by atoms with Crippen LogP contribution in [-0.2, 0) is 6.54 Å². The third-order valence-electron chi connectivity index (χ3n) is 4.05. The van der Waals surface area contributed by atoms with Gasteiger partial charge in [0.2, 0.25) is 0 Å². The van der Waals surface area contributed by atoms with Gasteiger partial charge in [0, 0.05) is 18.8 Å². The first-order valence-corrected chi connectivity index (χ1v) is 7.04. The lowest BCUT2D eigenvalue weighted by atomic mass is 9.84. The molecule has 96 valence electrons. The van der Waals surface area contributed by atoms with E-state index in [1.807, 2.05) is 6.20 Å². The van der Waals surface area contributed by atoms with Crippen molar-refractivity contribution in [2.45, 2.75) is 58.0 Å². The zero-order valence-electron chi connectivity index (χ0n) is 11.2. The van der Waals surface area contributed by atoms with Gasteiger partial charge in [-0.25, -0.2) is 0 Å². The molecule has 1 unspecified atom stereocenters. The van der Waals surface area contributed by atoms with Gasteiger partial charge >= 0.3 is 0 Å². The van der Waals surface area contributed by atoms with Crippen LogP contribution in [0.4, 0.5) is 0 Å². The van der Waals surface area contributed by atoms with Gasteiger partial charge in [-0.2, -0.15) is 5.10 Å². The van der Waals surface area contributed by atoms with Crippen LogP contribution in [0.15, 0.2) is 12.3 Å². The van der Waals surface area contributed by atoms with Gasteiger partial charge in [-0.3, -0.25) is 4.68 Å². The van der Waals surface area contributed by atoms with Gasteiger partial charge in [0.05, 0.1) is 5.69 Å². The van der Waals surface area contributed by atoms with Crippen LogP contribution < -0.4 is 5.32 Å². The molecule has 1 aliphatic carbocycles. The van der Waals surface area contributed by atoms with Crippen molar-refractivity contribution >= 4 is 0 Å². The normalized spacial score (nSPS) is 19.4. The molecule has 0 amide bonds. The number of aryl methyl sites for hydroxylation is 1. The van der Waals surface area contributed by atoms with Crippen molar-refractivity contribution in [3.63, 3.8) is 0 Å². The molecule has 0 radical (unpaired) electrons. The Balaban J connectivity index is 2.00. The van der Waals surface area contributed by atoms with Gasteiger partial charge in [-0.15, -0.1) is 0 Å². The van der Waals surface area contributed by atoms with Gasteiger partial charge in [0.1, 0.15) is 0 Å². The van der Waals surface area contributed by atoms with Crippen molar-refractivity contribution in [3.05, 3.63) is 18.0 Å². The first-order valence-electron chi connectivity index (χ1n) is 7.04. The standard InChI is InChI=1S/C14H25N3/c1-3-17-14(9-10-16-17)13(15-2)11-12-7-5-4-6-8-12/h9-10,12-13,15H,3-8,11H2,1-2H3. The highest BCUT2D eigenvalue weighted by molar-refractivity contribution is 5.07. The van der Waals surface area contributed by atoms with E-state index in [1.54, 1.807) is 0 Å². The highest BCUT2D eigenvalue weighted by Gasteiger charge is 2.21. The van der Waals surface area contributed by atoms with Gasteiger partial charge in [0.15, 0.2) is 0 Å². The molecule has 1 aromatic heterocycles. The summed E-state index contributed by atoms with van der Waals surface area (Å²) < 4.78 is 2.12. The summed E-state index contributed by atoms with van der Waals surface area (Å²) in [5, 5.41) is 7.84. The van der Waals surface area contributed by atoms with Gasteiger partial charge in [0.25, 0.3) is 0 Å². The molecule has 1 fully saturated rings. The summed E-state index contributed by atoms with van der Waals surface area (Å²) in [5.41, 5.74) is 1.35. The molecule has 3 nitrogen and oxygen atoms in total. The Morgan fingerprint density at radius 2 is 2.18 bits per heavy atom. The van der Waals surface area contributed by atoms with Crippen molar-refractivity contribution in [1.29, 1.82) is 0 Å². The first kappa shape index (κ1) is 12.6. The molecule has 0 bridgehead atoms. The SMILES string of the molecule is CCn1nccc1C(CC1CCCCC1)NC. The Kier molecular flexibility index (Phi) is 4.60. The molecule has 1 aliphatic rings. The number of nitrogens with one attached hydrogen (secondary N) is 1. The summed E-state index contributed by atoms with van der Waals surface area (Å²) in [7, 11) is 2.07.